The van der Waals surface area contributed by atoms with Gasteiger partial charge >= 0.3 is 7.60 Å². The molecular formula is C16H17O3P. The zero-order valence-electron chi connectivity index (χ0n) is 11.8. The molecule has 0 amide bonds. The fraction of sp³-hybridized carbons (Fsp3) is 0.250. The third kappa shape index (κ3) is 1.98. The molecule has 0 saturated carbocycles. The summed E-state index contributed by atoms with van der Waals surface area (Å²) in [4.78, 5) is 10.2. The predicted octanol–water partition coefficient (Wildman–Crippen LogP) is 3.85. The molecule has 0 saturated heterocycles. The van der Waals surface area contributed by atoms with Crippen LogP contribution in [0.15, 0.2) is 42.5 Å². The van der Waals surface area contributed by atoms with Gasteiger partial charge in [0.25, 0.3) is 0 Å². The Labute approximate surface area is 118 Å². The molecule has 0 aromatic heterocycles. The molecule has 1 N–H and O–H groups in total. The minimum Gasteiger partial charge on any atom is -0.420 e. The van der Waals surface area contributed by atoms with E-state index in [9.17, 15) is 9.46 Å². The van der Waals surface area contributed by atoms with Crippen LogP contribution in [0.5, 0.6) is 5.75 Å². The summed E-state index contributed by atoms with van der Waals surface area (Å²) in [5.41, 5.74) is 2.45. The SMILES string of the molecule is CC(C)(C)c1cccc2c1OP(=O)(O)c1ccccc1-2. The molecule has 0 bridgehead atoms. The summed E-state index contributed by atoms with van der Waals surface area (Å²) in [6, 6.07) is 13.0. The molecule has 1 unspecified atom stereocenters. The molecule has 4 heteroatoms. The maximum Gasteiger partial charge on any atom is 0.408 e. The van der Waals surface area contributed by atoms with E-state index in [4.69, 9.17) is 4.52 Å². The van der Waals surface area contributed by atoms with Crippen molar-refractivity contribution in [1.82, 2.24) is 0 Å². The smallest absolute Gasteiger partial charge is 0.408 e. The molecule has 3 nitrogen and oxygen atoms in total. The Bertz CT molecular complexity index is 729. The highest BCUT2D eigenvalue weighted by atomic mass is 31.2. The standard InChI is InChI=1S/C16H17O3P/c1-16(2,3)13-9-6-8-12-11-7-4-5-10-14(11)20(17,18)19-15(12)13/h4-10H,1-3H3,(H,17,18). The fourth-order valence-electron chi connectivity index (χ4n) is 2.56. The summed E-state index contributed by atoms with van der Waals surface area (Å²) < 4.78 is 17.9. The topological polar surface area (TPSA) is 46.5 Å². The molecule has 2 aromatic rings. The molecule has 0 fully saturated rings. The van der Waals surface area contributed by atoms with Crippen molar-refractivity contribution in [3.05, 3.63) is 48.0 Å². The number of benzene rings is 2. The molecule has 0 spiro atoms. The van der Waals surface area contributed by atoms with Crippen LogP contribution in [-0.2, 0) is 9.98 Å². The third-order valence-corrected chi connectivity index (χ3v) is 4.97. The van der Waals surface area contributed by atoms with Crippen LogP contribution in [0, 0.1) is 0 Å². The summed E-state index contributed by atoms with van der Waals surface area (Å²) in [6.45, 7) is 6.19. The zero-order valence-corrected chi connectivity index (χ0v) is 12.6. The quantitative estimate of drug-likeness (QED) is 0.749. The van der Waals surface area contributed by atoms with Gasteiger partial charge in [0.05, 0.1) is 5.30 Å². The Morgan fingerprint density at radius 3 is 2.35 bits per heavy atom. The van der Waals surface area contributed by atoms with E-state index in [1.807, 2.05) is 30.3 Å². The molecule has 0 radical (unpaired) electrons. The Kier molecular flexibility index (Phi) is 2.82. The van der Waals surface area contributed by atoms with Crippen molar-refractivity contribution in [3.63, 3.8) is 0 Å². The van der Waals surface area contributed by atoms with Crippen LogP contribution >= 0.6 is 7.60 Å². The van der Waals surface area contributed by atoms with E-state index in [1.165, 1.54) is 0 Å². The van der Waals surface area contributed by atoms with Gasteiger partial charge in [0, 0.05) is 16.7 Å². The predicted molar refractivity (Wildman–Crippen MR) is 80.7 cm³/mol. The minimum absolute atomic E-state index is 0.155. The molecule has 1 heterocycles. The number of fused-ring (bicyclic) bond motifs is 3. The fourth-order valence-corrected chi connectivity index (χ4v) is 3.88. The van der Waals surface area contributed by atoms with Gasteiger partial charge < -0.3 is 9.42 Å². The van der Waals surface area contributed by atoms with E-state index < -0.39 is 7.60 Å². The number of rotatable bonds is 0. The summed E-state index contributed by atoms with van der Waals surface area (Å²) in [6.07, 6.45) is 0. The van der Waals surface area contributed by atoms with E-state index >= 15 is 0 Å². The first-order valence-electron chi connectivity index (χ1n) is 6.56. The lowest BCUT2D eigenvalue weighted by Crippen LogP contribution is -2.21. The van der Waals surface area contributed by atoms with Crippen molar-refractivity contribution in [2.24, 2.45) is 0 Å². The number of hydrogen-bond donors (Lipinski definition) is 1. The zero-order chi connectivity index (χ0) is 14.5. The second kappa shape index (κ2) is 4.21. The largest absolute Gasteiger partial charge is 0.420 e. The van der Waals surface area contributed by atoms with Crippen molar-refractivity contribution in [2.75, 3.05) is 0 Å². The number of para-hydroxylation sites is 1. The monoisotopic (exact) mass is 288 g/mol. The molecule has 104 valence electrons. The molecule has 20 heavy (non-hydrogen) atoms. The van der Waals surface area contributed by atoms with Gasteiger partial charge in [0.15, 0.2) is 0 Å². The van der Waals surface area contributed by atoms with Crippen LogP contribution in [-0.4, -0.2) is 4.89 Å². The average Bonchev–Trinajstić information content (AvgIpc) is 2.37. The summed E-state index contributed by atoms with van der Waals surface area (Å²) >= 11 is 0. The van der Waals surface area contributed by atoms with Crippen LogP contribution in [0.3, 0.4) is 0 Å². The summed E-state index contributed by atoms with van der Waals surface area (Å²) in [7, 11) is -3.81. The van der Waals surface area contributed by atoms with Crippen molar-refractivity contribution < 1.29 is 14.0 Å². The Balaban J connectivity index is 2.36. The highest BCUT2D eigenvalue weighted by Gasteiger charge is 2.36. The van der Waals surface area contributed by atoms with Crippen LogP contribution < -0.4 is 9.83 Å². The van der Waals surface area contributed by atoms with Crippen LogP contribution in [0.2, 0.25) is 0 Å². The van der Waals surface area contributed by atoms with Crippen molar-refractivity contribution in [2.45, 2.75) is 26.2 Å². The van der Waals surface area contributed by atoms with Gasteiger partial charge in [-0.25, -0.2) is 4.57 Å². The highest BCUT2D eigenvalue weighted by molar-refractivity contribution is 7.62. The van der Waals surface area contributed by atoms with Crippen molar-refractivity contribution in [3.8, 4) is 16.9 Å². The molecule has 1 atom stereocenters. The minimum atomic E-state index is -3.81. The van der Waals surface area contributed by atoms with E-state index in [2.05, 4.69) is 20.8 Å². The molecule has 0 aliphatic carbocycles. The Morgan fingerprint density at radius 2 is 1.65 bits per heavy atom. The highest BCUT2D eigenvalue weighted by Crippen LogP contribution is 2.54. The lowest BCUT2D eigenvalue weighted by Gasteiger charge is -2.30. The van der Waals surface area contributed by atoms with Gasteiger partial charge in [-0.05, 0) is 11.5 Å². The Morgan fingerprint density at radius 1 is 1.00 bits per heavy atom. The van der Waals surface area contributed by atoms with Gasteiger partial charge in [-0.1, -0.05) is 57.2 Å². The van der Waals surface area contributed by atoms with E-state index in [1.54, 1.807) is 12.1 Å². The molecule has 1 aliphatic heterocycles. The van der Waals surface area contributed by atoms with E-state index in [0.29, 0.717) is 11.1 Å². The lowest BCUT2D eigenvalue weighted by atomic mass is 9.84. The van der Waals surface area contributed by atoms with E-state index in [0.717, 1.165) is 16.7 Å². The molecular weight excluding hydrogens is 271 g/mol. The van der Waals surface area contributed by atoms with E-state index in [-0.39, 0.29) is 5.41 Å². The number of hydrogen-bond acceptors (Lipinski definition) is 2. The van der Waals surface area contributed by atoms with Gasteiger partial charge in [-0.15, -0.1) is 0 Å². The first-order chi connectivity index (χ1) is 9.31. The third-order valence-electron chi connectivity index (χ3n) is 3.54. The molecule has 2 aromatic carbocycles. The van der Waals surface area contributed by atoms with Crippen molar-refractivity contribution in [1.29, 1.82) is 0 Å². The maximum absolute atomic E-state index is 12.4. The second-order valence-electron chi connectivity index (χ2n) is 6.06. The first kappa shape index (κ1) is 13.4. The van der Waals surface area contributed by atoms with Gasteiger partial charge in [0.2, 0.25) is 0 Å². The van der Waals surface area contributed by atoms with Gasteiger partial charge in [-0.3, -0.25) is 0 Å². The van der Waals surface area contributed by atoms with Crippen LogP contribution in [0.4, 0.5) is 0 Å². The molecule has 3 rings (SSSR count). The van der Waals surface area contributed by atoms with Crippen LogP contribution in [0.1, 0.15) is 26.3 Å². The first-order valence-corrected chi connectivity index (χ1v) is 8.14. The maximum atomic E-state index is 12.4. The summed E-state index contributed by atoms with van der Waals surface area (Å²) in [5.74, 6) is 0.532. The normalized spacial score (nSPS) is 20.8. The average molecular weight is 288 g/mol. The summed E-state index contributed by atoms with van der Waals surface area (Å²) in [5, 5.41) is 0.374. The van der Waals surface area contributed by atoms with Gasteiger partial charge in [-0.2, -0.15) is 0 Å². The lowest BCUT2D eigenvalue weighted by molar-refractivity contribution is 0.386. The van der Waals surface area contributed by atoms with Gasteiger partial charge in [0.1, 0.15) is 5.75 Å². The second-order valence-corrected chi connectivity index (χ2v) is 7.77. The Hall–Kier alpha value is -1.57. The van der Waals surface area contributed by atoms with Crippen molar-refractivity contribution >= 4 is 12.9 Å². The molecule has 1 aliphatic rings. The van der Waals surface area contributed by atoms with Crippen LogP contribution in [0.25, 0.3) is 11.1 Å².